The van der Waals surface area contributed by atoms with Gasteiger partial charge < -0.3 is 5.32 Å². The lowest BCUT2D eigenvalue weighted by Crippen LogP contribution is -2.57. The second-order valence-corrected chi connectivity index (χ2v) is 12.4. The van der Waals surface area contributed by atoms with Gasteiger partial charge in [0.2, 0.25) is 10.0 Å². The van der Waals surface area contributed by atoms with Crippen LogP contribution >= 0.6 is 0 Å². The van der Waals surface area contributed by atoms with E-state index in [0.717, 1.165) is 45.2 Å². The van der Waals surface area contributed by atoms with Crippen molar-refractivity contribution in [1.29, 1.82) is 0 Å². The highest BCUT2D eigenvalue weighted by atomic mass is 32.2. The topological polar surface area (TPSA) is 49.4 Å². The van der Waals surface area contributed by atoms with Crippen LogP contribution in [-0.4, -0.2) is 43.1 Å². The third-order valence-corrected chi connectivity index (χ3v) is 10.3. The van der Waals surface area contributed by atoms with Gasteiger partial charge in [0.05, 0.1) is 5.25 Å². The molecular formula is C26H50N2O2S. The first kappa shape index (κ1) is 26.9. The number of sulfonamides is 1. The standard InChI is InChI=1S/C20H38N2O2S.C6H12/c1-4-12-21-18-11-10-15(2)19(14-18)25(23,24)22-13-6-9-17-8-5-7-16(3)20(17)22;1-3-5-6-4-2/h15-21H,4-14H2,1-3H3;3,5H,4,6H2,1-2H3/b;5-3+. The van der Waals surface area contributed by atoms with E-state index in [1.165, 1.54) is 38.5 Å². The van der Waals surface area contributed by atoms with Crippen molar-refractivity contribution in [1.82, 2.24) is 9.62 Å². The Balaban J connectivity index is 0.000000501. The minimum atomic E-state index is -3.20. The van der Waals surface area contributed by atoms with E-state index in [-0.39, 0.29) is 17.2 Å². The lowest BCUT2D eigenvalue weighted by molar-refractivity contribution is 0.0821. The van der Waals surface area contributed by atoms with Crippen LogP contribution in [0.3, 0.4) is 0 Å². The summed E-state index contributed by atoms with van der Waals surface area (Å²) in [7, 11) is -3.20. The van der Waals surface area contributed by atoms with Crippen LogP contribution in [0.4, 0.5) is 0 Å². The molecule has 0 aromatic carbocycles. The molecule has 1 aliphatic heterocycles. The van der Waals surface area contributed by atoms with Crippen molar-refractivity contribution in [3.8, 4) is 0 Å². The predicted molar refractivity (Wildman–Crippen MR) is 134 cm³/mol. The molecular weight excluding hydrogens is 404 g/mol. The number of fused-ring (bicyclic) bond motifs is 1. The minimum absolute atomic E-state index is 0.191. The zero-order valence-corrected chi connectivity index (χ0v) is 21.8. The van der Waals surface area contributed by atoms with Crippen LogP contribution in [-0.2, 0) is 10.0 Å². The molecule has 2 aliphatic carbocycles. The van der Waals surface area contributed by atoms with Crippen molar-refractivity contribution in [2.75, 3.05) is 13.1 Å². The van der Waals surface area contributed by atoms with Crippen LogP contribution in [0.15, 0.2) is 12.2 Å². The number of hydrogen-bond donors (Lipinski definition) is 1. The maximum atomic E-state index is 13.7. The fourth-order valence-electron chi connectivity index (χ4n) is 6.03. The number of allylic oxidation sites excluding steroid dienone is 2. The molecule has 0 aromatic rings. The largest absolute Gasteiger partial charge is 0.314 e. The van der Waals surface area contributed by atoms with Gasteiger partial charge >= 0.3 is 0 Å². The second-order valence-electron chi connectivity index (χ2n) is 10.3. The SMILES string of the molecule is C/C=C/CCC.CCCNC1CCC(C)C(S(=O)(=O)N2CCCC3CCCC(C)C32)C1. The first-order valence-electron chi connectivity index (χ1n) is 13.2. The highest BCUT2D eigenvalue weighted by molar-refractivity contribution is 7.89. The Labute approximate surface area is 193 Å². The van der Waals surface area contributed by atoms with E-state index in [2.05, 4.69) is 52.1 Å². The summed E-state index contributed by atoms with van der Waals surface area (Å²) in [6, 6.07) is 0.643. The van der Waals surface area contributed by atoms with Gasteiger partial charge in [0, 0.05) is 18.6 Å². The van der Waals surface area contributed by atoms with E-state index in [1.807, 2.05) is 4.31 Å². The van der Waals surface area contributed by atoms with E-state index in [4.69, 9.17) is 0 Å². The molecule has 1 N–H and O–H groups in total. The molecule has 2 saturated carbocycles. The molecule has 6 unspecified atom stereocenters. The third kappa shape index (κ3) is 7.30. The second kappa shape index (κ2) is 13.3. The maximum Gasteiger partial charge on any atom is 0.217 e. The summed E-state index contributed by atoms with van der Waals surface area (Å²) < 4.78 is 29.3. The molecule has 3 fully saturated rings. The van der Waals surface area contributed by atoms with E-state index in [1.54, 1.807) is 0 Å². The first-order valence-corrected chi connectivity index (χ1v) is 14.7. The fraction of sp³-hybridized carbons (Fsp3) is 0.923. The molecule has 4 nitrogen and oxygen atoms in total. The van der Waals surface area contributed by atoms with Gasteiger partial charge in [-0.05, 0) is 89.0 Å². The summed E-state index contributed by atoms with van der Waals surface area (Å²) in [6.07, 6.45) is 16.8. The highest BCUT2D eigenvalue weighted by Gasteiger charge is 2.47. The van der Waals surface area contributed by atoms with Crippen molar-refractivity contribution < 1.29 is 8.42 Å². The van der Waals surface area contributed by atoms with Crippen LogP contribution in [0.2, 0.25) is 0 Å². The number of nitrogens with zero attached hydrogens (tertiary/aromatic N) is 1. The van der Waals surface area contributed by atoms with Gasteiger partial charge in [-0.1, -0.05) is 52.7 Å². The lowest BCUT2D eigenvalue weighted by atomic mass is 9.74. The number of hydrogen-bond acceptors (Lipinski definition) is 3. The Kier molecular flexibility index (Phi) is 11.6. The van der Waals surface area contributed by atoms with Gasteiger partial charge in [0.15, 0.2) is 0 Å². The molecule has 3 aliphatic rings. The summed E-state index contributed by atoms with van der Waals surface area (Å²) in [5, 5.41) is 3.39. The molecule has 1 heterocycles. The van der Waals surface area contributed by atoms with Crippen molar-refractivity contribution in [2.24, 2.45) is 17.8 Å². The Morgan fingerprint density at radius 2 is 1.71 bits per heavy atom. The number of piperidine rings is 1. The summed E-state index contributed by atoms with van der Waals surface area (Å²) in [6.45, 7) is 12.6. The molecule has 5 heteroatoms. The number of nitrogens with one attached hydrogen (secondary N) is 1. The molecule has 0 radical (unpaired) electrons. The Morgan fingerprint density at radius 1 is 0.968 bits per heavy atom. The quantitative estimate of drug-likeness (QED) is 0.470. The molecule has 3 rings (SSSR count). The minimum Gasteiger partial charge on any atom is -0.314 e. The van der Waals surface area contributed by atoms with Crippen molar-refractivity contribution >= 4 is 10.0 Å². The van der Waals surface area contributed by atoms with Crippen molar-refractivity contribution in [3.05, 3.63) is 12.2 Å². The first-order chi connectivity index (χ1) is 14.9. The Hall–Kier alpha value is -0.390. The lowest BCUT2D eigenvalue weighted by Gasteiger charge is -2.48. The smallest absolute Gasteiger partial charge is 0.217 e. The molecule has 0 bridgehead atoms. The number of rotatable bonds is 7. The van der Waals surface area contributed by atoms with E-state index < -0.39 is 10.0 Å². The molecule has 6 atom stereocenters. The average molecular weight is 455 g/mol. The molecule has 1 saturated heterocycles. The van der Waals surface area contributed by atoms with Gasteiger partial charge in [-0.15, -0.1) is 0 Å². The molecule has 0 aromatic heterocycles. The molecule has 182 valence electrons. The van der Waals surface area contributed by atoms with Crippen LogP contribution in [0.5, 0.6) is 0 Å². The normalized spacial score (nSPS) is 34.7. The van der Waals surface area contributed by atoms with Crippen molar-refractivity contribution in [3.63, 3.8) is 0 Å². The summed E-state index contributed by atoms with van der Waals surface area (Å²) in [5.74, 6) is 1.39. The van der Waals surface area contributed by atoms with Crippen molar-refractivity contribution in [2.45, 2.75) is 123 Å². The van der Waals surface area contributed by atoms with Gasteiger partial charge in [-0.25, -0.2) is 8.42 Å². The summed E-state index contributed by atoms with van der Waals surface area (Å²) >= 11 is 0. The maximum absolute atomic E-state index is 13.7. The van der Waals surface area contributed by atoms with E-state index in [9.17, 15) is 8.42 Å². The van der Waals surface area contributed by atoms with Crippen LogP contribution in [0, 0.1) is 17.8 Å². The fourth-order valence-corrected chi connectivity index (χ4v) is 8.68. The summed E-state index contributed by atoms with van der Waals surface area (Å²) in [5.41, 5.74) is 0. The molecule has 0 spiro atoms. The van der Waals surface area contributed by atoms with Gasteiger partial charge in [-0.3, -0.25) is 0 Å². The van der Waals surface area contributed by atoms with Crippen LogP contribution < -0.4 is 5.32 Å². The average Bonchev–Trinajstić information content (AvgIpc) is 2.77. The zero-order valence-electron chi connectivity index (χ0n) is 21.0. The van der Waals surface area contributed by atoms with E-state index in [0.29, 0.717) is 17.9 Å². The van der Waals surface area contributed by atoms with Gasteiger partial charge in [0.1, 0.15) is 0 Å². The highest BCUT2D eigenvalue weighted by Crippen LogP contribution is 2.42. The Bertz CT molecular complexity index is 629. The van der Waals surface area contributed by atoms with Crippen LogP contribution in [0.25, 0.3) is 0 Å². The monoisotopic (exact) mass is 454 g/mol. The van der Waals surface area contributed by atoms with E-state index >= 15 is 0 Å². The molecule has 0 amide bonds. The molecule has 31 heavy (non-hydrogen) atoms. The Morgan fingerprint density at radius 3 is 2.35 bits per heavy atom. The van der Waals surface area contributed by atoms with Crippen LogP contribution in [0.1, 0.15) is 105 Å². The third-order valence-electron chi connectivity index (χ3n) is 7.79. The van der Waals surface area contributed by atoms with Gasteiger partial charge in [0.25, 0.3) is 0 Å². The van der Waals surface area contributed by atoms with Gasteiger partial charge in [-0.2, -0.15) is 4.31 Å². The number of unbranched alkanes of at least 4 members (excludes halogenated alkanes) is 1. The predicted octanol–water partition coefficient (Wildman–Crippen LogP) is 6.14. The summed E-state index contributed by atoms with van der Waals surface area (Å²) in [4.78, 5) is 0. The zero-order chi connectivity index (χ0) is 22.9.